The molecule has 1 saturated heterocycles. The predicted octanol–water partition coefficient (Wildman–Crippen LogP) is 2.83. The third kappa shape index (κ3) is 5.13. The maximum Gasteiger partial charge on any atom is 0.222 e. The van der Waals surface area contributed by atoms with Crippen molar-refractivity contribution < 1.29 is 22.4 Å². The molecule has 2 heterocycles. The normalized spacial score (nSPS) is 14.8. The number of amides is 1. The van der Waals surface area contributed by atoms with Crippen molar-refractivity contribution in [3.8, 4) is 5.75 Å². The molecular weight excluding hydrogens is 366 g/mol. The first-order chi connectivity index (χ1) is 13.0. The zero-order valence-corrected chi connectivity index (χ0v) is 16.3. The number of likely N-dealkylation sites (tertiary alicyclic amines) is 1. The summed E-state index contributed by atoms with van der Waals surface area (Å²) in [6.07, 6.45) is 3.43. The number of benzene rings is 1. The van der Waals surface area contributed by atoms with Crippen molar-refractivity contribution in [2.75, 3.05) is 19.7 Å². The van der Waals surface area contributed by atoms with Crippen molar-refractivity contribution in [3.63, 3.8) is 0 Å². The third-order valence-electron chi connectivity index (χ3n) is 4.66. The van der Waals surface area contributed by atoms with Crippen LogP contribution in [0.2, 0.25) is 0 Å². The highest BCUT2D eigenvalue weighted by Gasteiger charge is 2.39. The van der Waals surface area contributed by atoms with Gasteiger partial charge in [-0.3, -0.25) is 4.79 Å². The van der Waals surface area contributed by atoms with Crippen molar-refractivity contribution in [1.82, 2.24) is 4.90 Å². The molecule has 0 N–H and O–H groups in total. The van der Waals surface area contributed by atoms with Gasteiger partial charge in [-0.05, 0) is 42.7 Å². The quantitative estimate of drug-likeness (QED) is 0.657. The lowest BCUT2D eigenvalue weighted by Gasteiger charge is -2.38. The fraction of sp³-hybridized carbons (Fsp3) is 0.450. The number of nitrogens with zero attached hydrogens (tertiary/aromatic N) is 1. The number of hydrogen-bond donors (Lipinski definition) is 0. The number of hydrogen-bond acceptors (Lipinski definition) is 5. The fourth-order valence-corrected chi connectivity index (χ4v) is 4.57. The molecule has 1 amide bonds. The van der Waals surface area contributed by atoms with Crippen LogP contribution in [0.25, 0.3) is 0 Å². The van der Waals surface area contributed by atoms with Crippen LogP contribution in [-0.4, -0.2) is 44.2 Å². The van der Waals surface area contributed by atoms with Gasteiger partial charge in [0.25, 0.3) is 0 Å². The van der Waals surface area contributed by atoms with E-state index < -0.39 is 15.1 Å². The minimum absolute atomic E-state index is 0.00856. The first-order valence-electron chi connectivity index (χ1n) is 9.21. The van der Waals surface area contributed by atoms with Crippen molar-refractivity contribution in [1.29, 1.82) is 0 Å². The fourth-order valence-electron chi connectivity index (χ4n) is 2.96. The second-order valence-electron chi connectivity index (χ2n) is 6.80. The average molecular weight is 391 g/mol. The highest BCUT2D eigenvalue weighted by Crippen LogP contribution is 2.22. The summed E-state index contributed by atoms with van der Waals surface area (Å²) >= 11 is 0. The maximum absolute atomic E-state index is 12.3. The number of carbonyl (C=O) groups excluding carboxylic acids is 1. The molecule has 0 radical (unpaired) electrons. The van der Waals surface area contributed by atoms with Crippen LogP contribution in [0.4, 0.5) is 0 Å². The van der Waals surface area contributed by atoms with Crippen LogP contribution in [0.5, 0.6) is 5.75 Å². The molecule has 3 rings (SSSR count). The molecule has 1 aliphatic heterocycles. The highest BCUT2D eigenvalue weighted by molar-refractivity contribution is 7.91. The molecule has 6 nitrogen and oxygen atoms in total. The van der Waals surface area contributed by atoms with Crippen molar-refractivity contribution >= 4 is 15.7 Å². The van der Waals surface area contributed by atoms with Gasteiger partial charge in [0.1, 0.15) is 17.3 Å². The Morgan fingerprint density at radius 2 is 1.96 bits per heavy atom. The number of ether oxygens (including phenoxy) is 1. The summed E-state index contributed by atoms with van der Waals surface area (Å²) in [7, 11) is -3.29. The zero-order valence-electron chi connectivity index (χ0n) is 15.5. The molecule has 0 spiro atoms. The minimum Gasteiger partial charge on any atom is -0.494 e. The second-order valence-corrected chi connectivity index (χ2v) is 9.08. The molecule has 0 bridgehead atoms. The summed E-state index contributed by atoms with van der Waals surface area (Å²) in [4.78, 5) is 13.9. The maximum atomic E-state index is 12.3. The topological polar surface area (TPSA) is 76.8 Å². The summed E-state index contributed by atoms with van der Waals surface area (Å²) in [6, 6.07) is 11.1. The highest BCUT2D eigenvalue weighted by atomic mass is 32.2. The van der Waals surface area contributed by atoms with Gasteiger partial charge in [-0.1, -0.05) is 19.1 Å². The van der Waals surface area contributed by atoms with Gasteiger partial charge in [0.2, 0.25) is 5.91 Å². The Morgan fingerprint density at radius 3 is 2.59 bits per heavy atom. The van der Waals surface area contributed by atoms with E-state index in [1.807, 2.05) is 24.3 Å². The van der Waals surface area contributed by atoms with Crippen molar-refractivity contribution in [2.24, 2.45) is 0 Å². The smallest absolute Gasteiger partial charge is 0.222 e. The van der Waals surface area contributed by atoms with E-state index in [0.29, 0.717) is 25.2 Å². The summed E-state index contributed by atoms with van der Waals surface area (Å²) in [5.41, 5.74) is 1.06. The van der Waals surface area contributed by atoms with Crippen molar-refractivity contribution in [3.05, 3.63) is 54.0 Å². The van der Waals surface area contributed by atoms with Crippen LogP contribution in [0, 0.1) is 0 Å². The molecule has 27 heavy (non-hydrogen) atoms. The second kappa shape index (κ2) is 8.61. The van der Waals surface area contributed by atoms with E-state index in [2.05, 4.69) is 6.92 Å². The van der Waals surface area contributed by atoms with Gasteiger partial charge < -0.3 is 14.1 Å². The Labute approximate surface area is 160 Å². The molecule has 0 atom stereocenters. The molecule has 1 aliphatic rings. The zero-order chi connectivity index (χ0) is 19.3. The summed E-state index contributed by atoms with van der Waals surface area (Å²) in [6.45, 7) is 3.29. The van der Waals surface area contributed by atoms with Crippen LogP contribution in [-0.2, 0) is 26.8 Å². The number of aryl methyl sites for hydroxylation is 1. The third-order valence-corrected chi connectivity index (χ3v) is 6.66. The Hall–Kier alpha value is -2.28. The molecule has 7 heteroatoms. The van der Waals surface area contributed by atoms with Crippen LogP contribution in [0.15, 0.2) is 47.1 Å². The number of furan rings is 1. The first kappa shape index (κ1) is 19.5. The standard InChI is InChI=1S/C20H25NO5S/c1-2-11-25-17-8-5-16(6-9-17)7-10-20(22)21-13-19(14-21)27(23,24)15-18-4-3-12-26-18/h3-6,8-9,12,19H,2,7,10-11,13-15H2,1H3. The summed E-state index contributed by atoms with van der Waals surface area (Å²) in [5.74, 6) is 1.15. The minimum atomic E-state index is -3.29. The Balaban J connectivity index is 1.42. The van der Waals surface area contributed by atoms with Gasteiger partial charge in [0.15, 0.2) is 9.84 Å². The Bertz CT molecular complexity index is 837. The van der Waals surface area contributed by atoms with Gasteiger partial charge in [-0.2, -0.15) is 0 Å². The van der Waals surface area contributed by atoms with Crippen molar-refractivity contribution in [2.45, 2.75) is 37.2 Å². The van der Waals surface area contributed by atoms with Gasteiger partial charge in [-0.25, -0.2) is 8.42 Å². The molecule has 0 aliphatic carbocycles. The lowest BCUT2D eigenvalue weighted by molar-refractivity contribution is -0.134. The molecule has 1 aromatic heterocycles. The van der Waals surface area contributed by atoms with E-state index in [1.165, 1.54) is 6.26 Å². The lowest BCUT2D eigenvalue weighted by Crippen LogP contribution is -2.57. The SMILES string of the molecule is CCCOc1ccc(CCC(=O)N2CC(S(=O)(=O)Cc3ccco3)C2)cc1. The summed E-state index contributed by atoms with van der Waals surface area (Å²) < 4.78 is 35.3. The van der Waals surface area contributed by atoms with E-state index in [0.717, 1.165) is 17.7 Å². The molecule has 1 aromatic carbocycles. The molecule has 0 saturated carbocycles. The Kier molecular flexibility index (Phi) is 6.21. The van der Waals surface area contributed by atoms with Crippen LogP contribution in [0.3, 0.4) is 0 Å². The number of rotatable bonds is 9. The molecule has 146 valence electrons. The average Bonchev–Trinajstić information content (AvgIpc) is 3.09. The van der Waals surface area contributed by atoms with E-state index in [9.17, 15) is 13.2 Å². The monoisotopic (exact) mass is 391 g/mol. The molecule has 2 aromatic rings. The van der Waals surface area contributed by atoms with E-state index in [4.69, 9.17) is 9.15 Å². The van der Waals surface area contributed by atoms with Gasteiger partial charge in [0.05, 0.1) is 18.1 Å². The summed E-state index contributed by atoms with van der Waals surface area (Å²) in [5, 5.41) is -0.499. The Morgan fingerprint density at radius 1 is 1.22 bits per heavy atom. The van der Waals surface area contributed by atoms with Crippen LogP contribution in [0.1, 0.15) is 31.1 Å². The lowest BCUT2D eigenvalue weighted by atomic mass is 10.1. The van der Waals surface area contributed by atoms with Crippen LogP contribution >= 0.6 is 0 Å². The first-order valence-corrected chi connectivity index (χ1v) is 10.9. The van der Waals surface area contributed by atoms with E-state index >= 15 is 0 Å². The van der Waals surface area contributed by atoms with Gasteiger partial charge in [0, 0.05) is 19.5 Å². The van der Waals surface area contributed by atoms with E-state index in [-0.39, 0.29) is 24.7 Å². The largest absolute Gasteiger partial charge is 0.494 e. The van der Waals surface area contributed by atoms with Crippen LogP contribution < -0.4 is 4.74 Å². The van der Waals surface area contributed by atoms with E-state index in [1.54, 1.807) is 17.0 Å². The number of carbonyl (C=O) groups is 1. The van der Waals surface area contributed by atoms with Gasteiger partial charge >= 0.3 is 0 Å². The molecule has 1 fully saturated rings. The van der Waals surface area contributed by atoms with Gasteiger partial charge in [-0.15, -0.1) is 0 Å². The predicted molar refractivity (Wildman–Crippen MR) is 102 cm³/mol. The molecule has 0 unspecified atom stereocenters. The number of sulfone groups is 1. The molecular formula is C20H25NO5S.